The van der Waals surface area contributed by atoms with E-state index >= 15 is 0 Å². The standard InChI is InChI=1S/C29H18F8N2O2/c1-2-3-8-40-19-14-38-26(39-15-19)7-4-16-9-22(31)27(23(32)10-16)29(36,37)41-18-5-6-20(21(30)13-18)17-11-24(33)28(35)25(34)12-17/h5-6,9-15H,2-3,8H2,1H3. The van der Waals surface area contributed by atoms with Crippen molar-refractivity contribution in [1.82, 2.24) is 9.97 Å². The number of alkyl halides is 2. The first kappa shape index (κ1) is 29.3. The normalized spacial score (nSPS) is 11.1. The molecule has 212 valence electrons. The highest BCUT2D eigenvalue weighted by atomic mass is 19.3. The van der Waals surface area contributed by atoms with Gasteiger partial charge in [0, 0.05) is 17.2 Å². The van der Waals surface area contributed by atoms with Crippen molar-refractivity contribution in [2.75, 3.05) is 6.61 Å². The maximum Gasteiger partial charge on any atom is 0.432 e. The van der Waals surface area contributed by atoms with Crippen LogP contribution in [0.15, 0.2) is 54.9 Å². The molecule has 0 spiro atoms. The highest BCUT2D eigenvalue weighted by molar-refractivity contribution is 5.65. The molecule has 3 aromatic carbocycles. The molecule has 4 rings (SSSR count). The van der Waals surface area contributed by atoms with Crippen LogP contribution in [0.2, 0.25) is 0 Å². The summed E-state index contributed by atoms with van der Waals surface area (Å²) in [6.07, 6.45) is -0.116. The minimum Gasteiger partial charge on any atom is -0.490 e. The maximum atomic E-state index is 14.8. The second-order valence-electron chi connectivity index (χ2n) is 8.52. The summed E-state index contributed by atoms with van der Waals surface area (Å²) in [6.45, 7) is 2.47. The third-order valence-corrected chi connectivity index (χ3v) is 5.53. The minimum atomic E-state index is -4.61. The third kappa shape index (κ3) is 6.92. The molecule has 12 heteroatoms. The Kier molecular flexibility index (Phi) is 8.76. The van der Waals surface area contributed by atoms with Gasteiger partial charge in [0.25, 0.3) is 0 Å². The Morgan fingerprint density at radius 1 is 0.756 bits per heavy atom. The molecule has 0 aliphatic rings. The number of aromatic nitrogens is 2. The number of rotatable bonds is 8. The molecule has 0 unspecified atom stereocenters. The van der Waals surface area contributed by atoms with Crippen molar-refractivity contribution in [3.8, 4) is 34.5 Å². The molecule has 0 radical (unpaired) electrons. The van der Waals surface area contributed by atoms with Crippen LogP contribution in [0.1, 0.15) is 36.7 Å². The van der Waals surface area contributed by atoms with E-state index in [2.05, 4.69) is 26.5 Å². The van der Waals surface area contributed by atoms with Crippen LogP contribution >= 0.6 is 0 Å². The Balaban J connectivity index is 1.52. The molecule has 4 aromatic rings. The zero-order chi connectivity index (χ0) is 29.7. The van der Waals surface area contributed by atoms with Crippen LogP contribution < -0.4 is 9.47 Å². The lowest BCUT2D eigenvalue weighted by molar-refractivity contribution is -0.189. The first-order chi connectivity index (χ1) is 19.5. The van der Waals surface area contributed by atoms with Gasteiger partial charge in [0.1, 0.15) is 28.8 Å². The van der Waals surface area contributed by atoms with Crippen molar-refractivity contribution >= 4 is 0 Å². The number of unbranched alkanes of at least 4 members (excludes halogenated alkanes) is 1. The fourth-order valence-electron chi connectivity index (χ4n) is 3.54. The number of hydrogen-bond donors (Lipinski definition) is 0. The Hall–Kier alpha value is -4.66. The second kappa shape index (κ2) is 12.2. The van der Waals surface area contributed by atoms with Gasteiger partial charge in [-0.3, -0.25) is 0 Å². The van der Waals surface area contributed by atoms with E-state index in [0.717, 1.165) is 25.0 Å². The minimum absolute atomic E-state index is 0.0111. The van der Waals surface area contributed by atoms with Crippen LogP contribution in [0, 0.1) is 46.7 Å². The molecular formula is C29H18F8N2O2. The molecule has 0 fully saturated rings. The third-order valence-electron chi connectivity index (χ3n) is 5.53. The number of halogens is 8. The molecule has 1 heterocycles. The molecule has 41 heavy (non-hydrogen) atoms. The molecule has 1 aromatic heterocycles. The second-order valence-corrected chi connectivity index (χ2v) is 8.52. The Morgan fingerprint density at radius 3 is 1.98 bits per heavy atom. The SMILES string of the molecule is CCCCOc1cnc(C#Cc2cc(F)c(C(F)(F)Oc3ccc(-c4cc(F)c(F)c(F)c4)c(F)c3)c(F)c2)nc1. The van der Waals surface area contributed by atoms with Gasteiger partial charge < -0.3 is 9.47 Å². The smallest absolute Gasteiger partial charge is 0.432 e. The maximum absolute atomic E-state index is 14.8. The quantitative estimate of drug-likeness (QED) is 0.0931. The van der Waals surface area contributed by atoms with Gasteiger partial charge in [-0.05, 0) is 54.3 Å². The van der Waals surface area contributed by atoms with Crippen molar-refractivity contribution < 1.29 is 44.6 Å². The molecule has 0 atom stereocenters. The lowest BCUT2D eigenvalue weighted by Crippen LogP contribution is -2.25. The summed E-state index contributed by atoms with van der Waals surface area (Å²) in [5.74, 6) is -5.28. The largest absolute Gasteiger partial charge is 0.490 e. The van der Waals surface area contributed by atoms with Gasteiger partial charge in [0.2, 0.25) is 5.82 Å². The van der Waals surface area contributed by atoms with Crippen molar-refractivity contribution in [3.63, 3.8) is 0 Å². The van der Waals surface area contributed by atoms with E-state index in [9.17, 15) is 35.1 Å². The van der Waals surface area contributed by atoms with Gasteiger partial charge in [-0.1, -0.05) is 19.3 Å². The summed E-state index contributed by atoms with van der Waals surface area (Å²) in [6, 6.07) is 4.12. The van der Waals surface area contributed by atoms with E-state index in [1.807, 2.05) is 6.92 Å². The molecule has 0 amide bonds. The van der Waals surface area contributed by atoms with E-state index in [-0.39, 0.29) is 11.4 Å². The number of nitrogens with zero attached hydrogens (tertiary/aromatic N) is 2. The fourth-order valence-corrected chi connectivity index (χ4v) is 3.54. The van der Waals surface area contributed by atoms with E-state index in [0.29, 0.717) is 42.7 Å². The average Bonchev–Trinajstić information content (AvgIpc) is 2.90. The summed E-state index contributed by atoms with van der Waals surface area (Å²) in [5.41, 5.74) is -2.96. The van der Waals surface area contributed by atoms with Gasteiger partial charge in [-0.2, -0.15) is 8.78 Å². The lowest BCUT2D eigenvalue weighted by Gasteiger charge is -2.20. The van der Waals surface area contributed by atoms with Crippen LogP contribution in [0.3, 0.4) is 0 Å². The van der Waals surface area contributed by atoms with E-state index in [1.165, 1.54) is 12.4 Å². The van der Waals surface area contributed by atoms with Gasteiger partial charge >= 0.3 is 6.11 Å². The highest BCUT2D eigenvalue weighted by Gasteiger charge is 2.41. The molecule has 0 N–H and O–H groups in total. The zero-order valence-corrected chi connectivity index (χ0v) is 21.1. The summed E-state index contributed by atoms with van der Waals surface area (Å²) in [5, 5.41) is 0. The van der Waals surface area contributed by atoms with Crippen LogP contribution in [0.5, 0.6) is 11.5 Å². The Morgan fingerprint density at radius 2 is 1.39 bits per heavy atom. The predicted molar refractivity (Wildman–Crippen MR) is 131 cm³/mol. The zero-order valence-electron chi connectivity index (χ0n) is 21.1. The summed E-state index contributed by atoms with van der Waals surface area (Å²) >= 11 is 0. The van der Waals surface area contributed by atoms with Crippen molar-refractivity contribution in [1.29, 1.82) is 0 Å². The lowest BCUT2D eigenvalue weighted by atomic mass is 10.0. The predicted octanol–water partition coefficient (Wildman–Crippen LogP) is 7.69. The van der Waals surface area contributed by atoms with Crippen molar-refractivity contribution in [2.45, 2.75) is 25.9 Å². The summed E-state index contributed by atoms with van der Waals surface area (Å²) < 4.78 is 123. The Bertz CT molecular complexity index is 1590. The van der Waals surface area contributed by atoms with Gasteiger partial charge in [-0.25, -0.2) is 36.3 Å². The molecule has 4 nitrogen and oxygen atoms in total. The van der Waals surface area contributed by atoms with Crippen LogP contribution in [0.25, 0.3) is 11.1 Å². The fraction of sp³-hybridized carbons (Fsp3) is 0.172. The van der Waals surface area contributed by atoms with Crippen molar-refractivity contribution in [3.05, 3.63) is 107 Å². The van der Waals surface area contributed by atoms with Crippen LogP contribution in [-0.2, 0) is 6.11 Å². The van der Waals surface area contributed by atoms with Crippen LogP contribution in [0.4, 0.5) is 35.1 Å². The van der Waals surface area contributed by atoms with Crippen molar-refractivity contribution in [2.24, 2.45) is 0 Å². The molecular weight excluding hydrogens is 560 g/mol. The molecule has 0 aliphatic carbocycles. The van der Waals surface area contributed by atoms with Gasteiger partial charge in [0.15, 0.2) is 23.2 Å². The van der Waals surface area contributed by atoms with Gasteiger partial charge in [-0.15, -0.1) is 0 Å². The molecule has 0 saturated heterocycles. The summed E-state index contributed by atoms with van der Waals surface area (Å²) in [7, 11) is 0. The van der Waals surface area contributed by atoms with Crippen LogP contribution in [-0.4, -0.2) is 16.6 Å². The molecule has 0 saturated carbocycles. The number of ether oxygens (including phenoxy) is 2. The topological polar surface area (TPSA) is 44.2 Å². The molecule has 0 bridgehead atoms. The first-order valence-corrected chi connectivity index (χ1v) is 12.0. The Labute approximate surface area is 228 Å². The van der Waals surface area contributed by atoms with E-state index in [4.69, 9.17) is 4.74 Å². The number of hydrogen-bond acceptors (Lipinski definition) is 4. The van der Waals surface area contributed by atoms with Gasteiger partial charge in [0.05, 0.1) is 19.0 Å². The highest BCUT2D eigenvalue weighted by Crippen LogP contribution is 2.37. The van der Waals surface area contributed by atoms with E-state index in [1.54, 1.807) is 0 Å². The molecule has 0 aliphatic heterocycles. The summed E-state index contributed by atoms with van der Waals surface area (Å²) in [4.78, 5) is 7.89. The monoisotopic (exact) mass is 578 g/mol. The average molecular weight is 578 g/mol. The first-order valence-electron chi connectivity index (χ1n) is 12.0. The van der Waals surface area contributed by atoms with E-state index < -0.39 is 63.5 Å². The number of benzene rings is 3.